The molecule has 0 radical (unpaired) electrons. The smallest absolute Gasteiger partial charge is 0.328 e. The van der Waals surface area contributed by atoms with Gasteiger partial charge in [0.15, 0.2) is 11.6 Å². The lowest BCUT2D eigenvalue weighted by Crippen LogP contribution is -2.51. The molecule has 4 aliphatic heterocycles. The van der Waals surface area contributed by atoms with Gasteiger partial charge in [-0.25, -0.2) is 13.6 Å². The number of phenols is 1. The number of nitrogens with zero attached hydrogens (tertiary/aromatic N) is 7. The third-order valence-electron chi connectivity index (χ3n) is 13.3. The minimum absolute atomic E-state index is 0.0787. The molecule has 4 amide bonds. The van der Waals surface area contributed by atoms with Gasteiger partial charge in [0.05, 0.1) is 28.7 Å². The van der Waals surface area contributed by atoms with Gasteiger partial charge >= 0.3 is 6.03 Å². The van der Waals surface area contributed by atoms with Gasteiger partial charge in [0.2, 0.25) is 5.91 Å². The summed E-state index contributed by atoms with van der Waals surface area (Å²) >= 11 is 0. The van der Waals surface area contributed by atoms with E-state index in [1.807, 2.05) is 48.7 Å². The Kier molecular flexibility index (Phi) is 11.3. The summed E-state index contributed by atoms with van der Waals surface area (Å²) < 4.78 is 40.0. The summed E-state index contributed by atoms with van der Waals surface area (Å²) in [5.74, 6) is -0.504. The number of methoxy groups -OCH3 is 1. The van der Waals surface area contributed by atoms with Crippen molar-refractivity contribution in [3.8, 4) is 17.0 Å². The molecule has 16 heteroatoms. The molecule has 4 N–H and O–H groups in total. The van der Waals surface area contributed by atoms with Crippen molar-refractivity contribution in [1.82, 2.24) is 29.9 Å². The Morgan fingerprint density at radius 2 is 1.71 bits per heavy atom. The number of carbonyl (C=O) groups is 3. The van der Waals surface area contributed by atoms with E-state index < -0.39 is 17.5 Å². The first kappa shape index (κ1) is 41.2. The SMILES string of the molecule is COC1CC(c2ccc(C(=O)N3CCC(F)(CN4CCC(n5ccc6c(F)c(N7CCC(=O)NC7=O)ccc65)CC4)CC3)cc2)CN(c2cc(-c3ccccc3O)nnc2N)C1. The minimum Gasteiger partial charge on any atom is -0.507 e. The third-order valence-corrected chi connectivity index (χ3v) is 13.3. The topological polar surface area (TPSA) is 162 Å². The highest BCUT2D eigenvalue weighted by atomic mass is 19.1. The van der Waals surface area contributed by atoms with E-state index in [1.54, 1.807) is 42.3 Å². The van der Waals surface area contributed by atoms with Crippen LogP contribution in [0.15, 0.2) is 79.0 Å². The van der Waals surface area contributed by atoms with Crippen LogP contribution in [0.1, 0.15) is 66.4 Å². The Morgan fingerprint density at radius 1 is 0.952 bits per heavy atom. The first-order valence-electron chi connectivity index (χ1n) is 21.4. The van der Waals surface area contributed by atoms with Crippen molar-refractivity contribution in [3.05, 3.63) is 95.9 Å². The number of halogens is 2. The molecule has 0 bridgehead atoms. The number of carbonyl (C=O) groups excluding carboxylic acids is 3. The normalized spacial score (nSPS) is 21.4. The molecular weight excluding hydrogens is 797 g/mol. The number of benzene rings is 3. The number of nitrogens with one attached hydrogen (secondary N) is 1. The highest BCUT2D eigenvalue weighted by molar-refractivity contribution is 6.06. The number of phenolic OH excluding ortho intramolecular Hbond substituents is 1. The molecule has 3 aromatic carbocycles. The Balaban J connectivity index is 0.782. The Morgan fingerprint density at radius 3 is 2.44 bits per heavy atom. The molecule has 6 heterocycles. The summed E-state index contributed by atoms with van der Waals surface area (Å²) in [5.41, 5.74) is 9.24. The molecule has 62 heavy (non-hydrogen) atoms. The number of likely N-dealkylation sites (tertiary alicyclic amines) is 2. The van der Waals surface area contributed by atoms with E-state index in [0.29, 0.717) is 73.7 Å². The number of aromatic hydroxyl groups is 1. The second-order valence-electron chi connectivity index (χ2n) is 17.1. The maximum atomic E-state index is 16.4. The van der Waals surface area contributed by atoms with E-state index in [1.165, 1.54) is 4.90 Å². The van der Waals surface area contributed by atoms with E-state index in [4.69, 9.17) is 10.5 Å². The van der Waals surface area contributed by atoms with Crippen LogP contribution in [0.25, 0.3) is 22.2 Å². The van der Waals surface area contributed by atoms with Crippen LogP contribution in [-0.2, 0) is 9.53 Å². The highest BCUT2D eigenvalue weighted by Crippen LogP contribution is 2.38. The van der Waals surface area contributed by atoms with Gasteiger partial charge in [-0.15, -0.1) is 10.2 Å². The fourth-order valence-corrected chi connectivity index (χ4v) is 9.74. The maximum absolute atomic E-state index is 16.4. The molecule has 4 saturated heterocycles. The lowest BCUT2D eigenvalue weighted by Gasteiger charge is -2.41. The number of ether oxygens (including phenoxy) is 1. The fourth-order valence-electron chi connectivity index (χ4n) is 9.74. The lowest BCUT2D eigenvalue weighted by atomic mass is 9.88. The molecule has 14 nitrogen and oxygen atoms in total. The second-order valence-corrected chi connectivity index (χ2v) is 17.1. The standard InChI is InChI=1S/C46H51F2N9O5/c1-62-33-24-31(26-55(27-33)39-25-36(51-52-43(39)49)34-4-2-3-5-40(34)58)29-6-8-30(9-7-29)44(60)54-22-16-46(48,17-23-54)28-53-18-12-32(13-19-53)56-20-14-35-37(56)10-11-38(42(35)47)57-21-15-41(59)50-45(57)61/h2-11,14,20,25,31-33,58H,12-13,15-19,21-24,26-28H2,1H3,(H2,49,52)(H,50,59,61). The fraction of sp³-hybridized carbons (Fsp3) is 0.413. The van der Waals surface area contributed by atoms with Crippen molar-refractivity contribution in [1.29, 1.82) is 0 Å². The third kappa shape index (κ3) is 8.16. The molecule has 324 valence electrons. The summed E-state index contributed by atoms with van der Waals surface area (Å²) in [6, 6.07) is 21.1. The number of hydrogen-bond donors (Lipinski definition) is 3. The minimum atomic E-state index is -1.40. The van der Waals surface area contributed by atoms with E-state index >= 15 is 8.78 Å². The Hall–Kier alpha value is -6.13. The van der Waals surface area contributed by atoms with Crippen molar-refractivity contribution in [2.24, 2.45) is 0 Å². The number of rotatable bonds is 9. The van der Waals surface area contributed by atoms with Gasteiger partial charge < -0.3 is 34.8 Å². The molecule has 2 atom stereocenters. The Labute approximate surface area is 358 Å². The largest absolute Gasteiger partial charge is 0.507 e. The number of urea groups is 1. The van der Waals surface area contributed by atoms with Crippen LogP contribution < -0.4 is 20.9 Å². The maximum Gasteiger partial charge on any atom is 0.328 e. The predicted octanol–water partition coefficient (Wildman–Crippen LogP) is 6.26. The number of para-hydroxylation sites is 1. The first-order chi connectivity index (χ1) is 30.0. The number of piperidine rings is 3. The van der Waals surface area contributed by atoms with Crippen molar-refractivity contribution in [3.63, 3.8) is 0 Å². The van der Waals surface area contributed by atoms with Gasteiger partial charge in [-0.05, 0) is 73.4 Å². The van der Waals surface area contributed by atoms with Crippen LogP contribution in [0.2, 0.25) is 0 Å². The summed E-state index contributed by atoms with van der Waals surface area (Å²) in [6.45, 7) is 3.74. The van der Waals surface area contributed by atoms with Gasteiger partial charge in [0.1, 0.15) is 11.4 Å². The molecule has 2 unspecified atom stereocenters. The number of alkyl halides is 1. The van der Waals surface area contributed by atoms with Gasteiger partial charge in [-0.1, -0.05) is 24.3 Å². The van der Waals surface area contributed by atoms with E-state index in [9.17, 15) is 19.5 Å². The van der Waals surface area contributed by atoms with Crippen molar-refractivity contribution < 1.29 is 33.0 Å². The Bertz CT molecular complexity index is 2480. The molecule has 5 aromatic rings. The predicted molar refractivity (Wildman–Crippen MR) is 231 cm³/mol. The summed E-state index contributed by atoms with van der Waals surface area (Å²) in [5, 5.41) is 21.5. The number of nitrogens with two attached hydrogens (primary N) is 1. The molecule has 4 fully saturated rings. The van der Waals surface area contributed by atoms with Crippen LogP contribution in [0.5, 0.6) is 5.75 Å². The quantitative estimate of drug-likeness (QED) is 0.154. The van der Waals surface area contributed by atoms with Crippen LogP contribution in [0.3, 0.4) is 0 Å². The van der Waals surface area contributed by atoms with Gasteiger partial charge in [-0.2, -0.15) is 0 Å². The molecule has 0 saturated carbocycles. The monoisotopic (exact) mass is 847 g/mol. The number of hydrogen-bond acceptors (Lipinski definition) is 10. The number of aromatic nitrogens is 3. The highest BCUT2D eigenvalue weighted by Gasteiger charge is 2.39. The number of amides is 4. The summed E-state index contributed by atoms with van der Waals surface area (Å²) in [6.07, 6.45) is 4.78. The average Bonchev–Trinajstić information content (AvgIpc) is 3.72. The van der Waals surface area contributed by atoms with Crippen LogP contribution in [0, 0.1) is 5.82 Å². The summed E-state index contributed by atoms with van der Waals surface area (Å²) in [7, 11) is 1.70. The zero-order valence-corrected chi connectivity index (χ0v) is 34.7. The zero-order valence-electron chi connectivity index (χ0n) is 34.7. The van der Waals surface area contributed by atoms with Crippen LogP contribution in [-0.4, -0.2) is 119 Å². The van der Waals surface area contributed by atoms with Crippen LogP contribution in [0.4, 0.5) is 30.8 Å². The lowest BCUT2D eigenvalue weighted by molar-refractivity contribution is -0.120. The van der Waals surface area contributed by atoms with Gasteiger partial charge in [0.25, 0.3) is 5.91 Å². The van der Waals surface area contributed by atoms with Crippen molar-refractivity contribution in [2.45, 2.75) is 62.3 Å². The second kappa shape index (κ2) is 17.0. The summed E-state index contributed by atoms with van der Waals surface area (Å²) in [4.78, 5) is 45.0. The van der Waals surface area contributed by atoms with Gasteiger partial charge in [-0.3, -0.25) is 19.8 Å². The van der Waals surface area contributed by atoms with Gasteiger partial charge in [0, 0.05) is 113 Å². The molecule has 9 rings (SSSR count). The number of imide groups is 1. The number of fused-ring (bicyclic) bond motifs is 1. The first-order valence-corrected chi connectivity index (χ1v) is 21.4. The van der Waals surface area contributed by atoms with E-state index in [0.717, 1.165) is 30.3 Å². The van der Waals surface area contributed by atoms with E-state index in [2.05, 4.69) is 29.9 Å². The van der Waals surface area contributed by atoms with Crippen LogP contribution >= 0.6 is 0 Å². The molecule has 4 aliphatic rings. The molecular formula is C46H51F2N9O5. The molecule has 0 spiro atoms. The van der Waals surface area contributed by atoms with E-state index in [-0.39, 0.29) is 72.9 Å². The molecule has 0 aliphatic carbocycles. The van der Waals surface area contributed by atoms with Crippen molar-refractivity contribution >= 4 is 45.9 Å². The average molecular weight is 848 g/mol. The number of nitrogen functional groups attached to an aromatic ring is 1. The zero-order chi connectivity index (χ0) is 43.1. The van der Waals surface area contributed by atoms with Crippen molar-refractivity contribution in [2.75, 3.05) is 75.0 Å². The molecule has 2 aromatic heterocycles. The number of anilines is 3.